The van der Waals surface area contributed by atoms with Crippen molar-refractivity contribution in [2.24, 2.45) is 5.73 Å². The molecule has 142 valence electrons. The van der Waals surface area contributed by atoms with Crippen molar-refractivity contribution in [3.8, 4) is 11.5 Å². The number of carbonyl (C=O) groups is 2. The molecule has 0 saturated heterocycles. The lowest BCUT2D eigenvalue weighted by Gasteiger charge is -2.16. The molecule has 0 saturated carbocycles. The number of nitrogens with one attached hydrogen (secondary N) is 2. The normalized spacial score (nSPS) is 14.2. The van der Waals surface area contributed by atoms with Gasteiger partial charge in [0.05, 0.1) is 5.70 Å². The van der Waals surface area contributed by atoms with Crippen molar-refractivity contribution < 1.29 is 14.3 Å². The third-order valence-corrected chi connectivity index (χ3v) is 4.19. The molecule has 0 radical (unpaired) electrons. The van der Waals surface area contributed by atoms with Gasteiger partial charge in [0.1, 0.15) is 17.1 Å². The lowest BCUT2D eigenvalue weighted by molar-refractivity contribution is -0.119. The Morgan fingerprint density at radius 2 is 1.79 bits per heavy atom. The van der Waals surface area contributed by atoms with Crippen molar-refractivity contribution in [2.75, 3.05) is 5.32 Å². The summed E-state index contributed by atoms with van der Waals surface area (Å²) in [5.41, 5.74) is 7.86. The zero-order chi connectivity index (χ0) is 20.1. The predicted molar refractivity (Wildman–Crippen MR) is 109 cm³/mol. The van der Waals surface area contributed by atoms with E-state index in [9.17, 15) is 9.59 Å². The van der Waals surface area contributed by atoms with Crippen LogP contribution in [0.4, 0.5) is 5.69 Å². The maximum Gasteiger partial charge on any atom is 0.263 e. The standard InChI is InChI=1S/C22H21N3O3/c1-14-13-19(28-16-8-4-3-5-9-16)15(2)12-18(14)25-22(27)20(21(23)26)17-10-6-7-11-24-17/h3-13,24H,1-2H3,(H2,23,26)(H,25,27)/b20-17+. The maximum absolute atomic E-state index is 12.7. The van der Waals surface area contributed by atoms with E-state index in [4.69, 9.17) is 10.5 Å². The van der Waals surface area contributed by atoms with Crippen molar-refractivity contribution in [3.05, 3.63) is 89.3 Å². The van der Waals surface area contributed by atoms with Gasteiger partial charge in [0.25, 0.3) is 11.8 Å². The molecule has 2 amide bonds. The molecule has 28 heavy (non-hydrogen) atoms. The average Bonchev–Trinajstić information content (AvgIpc) is 2.67. The maximum atomic E-state index is 12.7. The molecular weight excluding hydrogens is 354 g/mol. The number of amides is 2. The van der Waals surface area contributed by atoms with Gasteiger partial charge in [0.15, 0.2) is 0 Å². The van der Waals surface area contributed by atoms with Gasteiger partial charge >= 0.3 is 0 Å². The lowest BCUT2D eigenvalue weighted by atomic mass is 10.1. The number of ether oxygens (including phenoxy) is 1. The van der Waals surface area contributed by atoms with Crippen molar-refractivity contribution >= 4 is 17.5 Å². The molecule has 0 bridgehead atoms. The van der Waals surface area contributed by atoms with Gasteiger partial charge in [-0.15, -0.1) is 0 Å². The number of para-hydroxylation sites is 1. The Bertz CT molecular complexity index is 1010. The first-order chi connectivity index (χ1) is 13.5. The molecule has 0 fully saturated rings. The van der Waals surface area contributed by atoms with Crippen LogP contribution in [-0.4, -0.2) is 11.8 Å². The third kappa shape index (κ3) is 4.29. The quantitative estimate of drug-likeness (QED) is 0.424. The summed E-state index contributed by atoms with van der Waals surface area (Å²) in [6.45, 7) is 3.74. The number of dihydropyridines is 1. The summed E-state index contributed by atoms with van der Waals surface area (Å²) < 4.78 is 5.91. The number of primary amides is 1. The summed E-state index contributed by atoms with van der Waals surface area (Å²) in [4.78, 5) is 24.5. The van der Waals surface area contributed by atoms with E-state index in [0.717, 1.165) is 16.9 Å². The Morgan fingerprint density at radius 1 is 1.04 bits per heavy atom. The fourth-order valence-corrected chi connectivity index (χ4v) is 2.75. The van der Waals surface area contributed by atoms with E-state index in [1.807, 2.05) is 50.2 Å². The lowest BCUT2D eigenvalue weighted by Crippen LogP contribution is -2.30. The van der Waals surface area contributed by atoms with Crippen LogP contribution in [0.2, 0.25) is 0 Å². The molecule has 2 aromatic carbocycles. The number of benzene rings is 2. The summed E-state index contributed by atoms with van der Waals surface area (Å²) in [6, 6.07) is 13.1. The Kier molecular flexibility index (Phi) is 5.60. The van der Waals surface area contributed by atoms with Gasteiger partial charge < -0.3 is 21.1 Å². The van der Waals surface area contributed by atoms with Crippen molar-refractivity contribution in [1.82, 2.24) is 5.32 Å². The number of hydrogen-bond acceptors (Lipinski definition) is 4. The highest BCUT2D eigenvalue weighted by molar-refractivity contribution is 6.23. The van der Waals surface area contributed by atoms with Crippen LogP contribution in [0.25, 0.3) is 0 Å². The highest BCUT2D eigenvalue weighted by Gasteiger charge is 2.21. The van der Waals surface area contributed by atoms with Gasteiger partial charge in [0, 0.05) is 11.9 Å². The Hall–Kier alpha value is -3.80. The first-order valence-electron chi connectivity index (χ1n) is 8.75. The average molecular weight is 375 g/mol. The molecule has 2 aromatic rings. The van der Waals surface area contributed by atoms with Gasteiger partial charge in [-0.05, 0) is 61.4 Å². The first kappa shape index (κ1) is 19.0. The number of rotatable bonds is 5. The van der Waals surface area contributed by atoms with Crippen molar-refractivity contribution in [2.45, 2.75) is 13.8 Å². The number of hydrogen-bond donors (Lipinski definition) is 3. The molecule has 6 nitrogen and oxygen atoms in total. The highest BCUT2D eigenvalue weighted by Crippen LogP contribution is 2.30. The molecule has 0 atom stereocenters. The number of carbonyl (C=O) groups excluding carboxylic acids is 2. The number of allylic oxidation sites excluding steroid dienone is 3. The van der Waals surface area contributed by atoms with Crippen molar-refractivity contribution in [1.29, 1.82) is 0 Å². The minimum Gasteiger partial charge on any atom is -0.457 e. The molecule has 4 N–H and O–H groups in total. The molecule has 1 heterocycles. The molecular formula is C22H21N3O3. The third-order valence-electron chi connectivity index (χ3n) is 4.19. The van der Waals surface area contributed by atoms with Crippen LogP contribution < -0.4 is 21.1 Å². The number of aryl methyl sites for hydroxylation is 2. The molecule has 6 heteroatoms. The smallest absolute Gasteiger partial charge is 0.263 e. The summed E-state index contributed by atoms with van der Waals surface area (Å²) >= 11 is 0. The Balaban J connectivity index is 1.85. The summed E-state index contributed by atoms with van der Waals surface area (Å²) in [6.07, 6.45) is 6.71. The molecule has 1 aliphatic rings. The number of nitrogens with two attached hydrogens (primary N) is 1. The number of anilines is 1. The van der Waals surface area contributed by atoms with Gasteiger partial charge in [-0.2, -0.15) is 0 Å². The van der Waals surface area contributed by atoms with Gasteiger partial charge in [-0.25, -0.2) is 0 Å². The van der Waals surface area contributed by atoms with Crippen LogP contribution >= 0.6 is 0 Å². The summed E-state index contributed by atoms with van der Waals surface area (Å²) in [7, 11) is 0. The van der Waals surface area contributed by atoms with E-state index in [1.165, 1.54) is 0 Å². The van der Waals surface area contributed by atoms with Gasteiger partial charge in [-0.3, -0.25) is 9.59 Å². The molecule has 0 aromatic heterocycles. The van der Waals surface area contributed by atoms with Crippen LogP contribution in [0, 0.1) is 13.8 Å². The second-order valence-electron chi connectivity index (χ2n) is 6.32. The van der Waals surface area contributed by atoms with Crippen LogP contribution in [-0.2, 0) is 9.59 Å². The first-order valence-corrected chi connectivity index (χ1v) is 8.75. The molecule has 0 unspecified atom stereocenters. The van der Waals surface area contributed by atoms with E-state index in [2.05, 4.69) is 10.6 Å². The van der Waals surface area contributed by atoms with Crippen LogP contribution in [0.5, 0.6) is 11.5 Å². The van der Waals surface area contributed by atoms with E-state index in [1.54, 1.807) is 30.5 Å². The molecule has 1 aliphatic heterocycles. The zero-order valence-corrected chi connectivity index (χ0v) is 15.7. The topological polar surface area (TPSA) is 93.4 Å². The van der Waals surface area contributed by atoms with E-state index < -0.39 is 11.8 Å². The van der Waals surface area contributed by atoms with Gasteiger partial charge in [0.2, 0.25) is 0 Å². The molecule has 3 rings (SSSR count). The summed E-state index contributed by atoms with van der Waals surface area (Å²) in [5.74, 6) is 0.0375. The van der Waals surface area contributed by atoms with Crippen LogP contribution in [0.3, 0.4) is 0 Å². The van der Waals surface area contributed by atoms with E-state index in [-0.39, 0.29) is 5.57 Å². The zero-order valence-electron chi connectivity index (χ0n) is 15.7. The monoisotopic (exact) mass is 375 g/mol. The Labute approximate surface area is 163 Å². The SMILES string of the molecule is Cc1cc(Oc2ccccc2)c(C)cc1NC(=O)/C(C(N)=O)=C1\C=CC=CN1. The van der Waals surface area contributed by atoms with E-state index in [0.29, 0.717) is 17.1 Å². The van der Waals surface area contributed by atoms with E-state index >= 15 is 0 Å². The molecule has 0 aliphatic carbocycles. The highest BCUT2D eigenvalue weighted by atomic mass is 16.5. The summed E-state index contributed by atoms with van der Waals surface area (Å²) in [5, 5.41) is 5.63. The van der Waals surface area contributed by atoms with Crippen molar-refractivity contribution in [3.63, 3.8) is 0 Å². The Morgan fingerprint density at radius 3 is 2.43 bits per heavy atom. The minimum absolute atomic E-state index is 0.137. The predicted octanol–water partition coefficient (Wildman–Crippen LogP) is 3.45. The van der Waals surface area contributed by atoms with Gasteiger partial charge in [-0.1, -0.05) is 24.3 Å². The second kappa shape index (κ2) is 8.26. The minimum atomic E-state index is -0.807. The van der Waals surface area contributed by atoms with Crippen LogP contribution in [0.15, 0.2) is 78.2 Å². The second-order valence-corrected chi connectivity index (χ2v) is 6.32. The molecule has 0 spiro atoms. The largest absolute Gasteiger partial charge is 0.457 e. The fraction of sp³-hybridized carbons (Fsp3) is 0.0909. The van der Waals surface area contributed by atoms with Crippen LogP contribution in [0.1, 0.15) is 11.1 Å². The fourth-order valence-electron chi connectivity index (χ4n) is 2.75.